The quantitative estimate of drug-likeness (QED) is 0.914. The predicted molar refractivity (Wildman–Crippen MR) is 85.1 cm³/mol. The molecule has 1 aromatic carbocycles. The van der Waals surface area contributed by atoms with E-state index in [-0.39, 0.29) is 5.69 Å². The van der Waals surface area contributed by atoms with Crippen LogP contribution in [0.1, 0.15) is 41.2 Å². The number of aromatic carboxylic acids is 1. The minimum Gasteiger partial charge on any atom is -0.477 e. The summed E-state index contributed by atoms with van der Waals surface area (Å²) in [5.41, 5.74) is 3.16. The Hall–Kier alpha value is -2.14. The van der Waals surface area contributed by atoms with Crippen LogP contribution in [0, 0.1) is 0 Å². The number of carboxylic acid groups (broad SMARTS) is 1. The van der Waals surface area contributed by atoms with E-state index in [1.807, 2.05) is 12.1 Å². The molecule has 2 N–H and O–H groups in total. The molecule has 116 valence electrons. The molecule has 0 amide bonds. The van der Waals surface area contributed by atoms with E-state index < -0.39 is 5.97 Å². The molecule has 5 nitrogen and oxygen atoms in total. The highest BCUT2D eigenvalue weighted by Crippen LogP contribution is 2.34. The van der Waals surface area contributed by atoms with Gasteiger partial charge in [0, 0.05) is 5.56 Å². The molecular formula is C17H21N3O2. The Balaban J connectivity index is 1.93. The van der Waals surface area contributed by atoms with Crippen molar-refractivity contribution in [2.75, 3.05) is 20.1 Å². The second kappa shape index (κ2) is 6.32. The molecule has 22 heavy (non-hydrogen) atoms. The van der Waals surface area contributed by atoms with Crippen molar-refractivity contribution in [3.8, 4) is 11.3 Å². The van der Waals surface area contributed by atoms with E-state index in [9.17, 15) is 4.79 Å². The minimum atomic E-state index is -0.979. The standard InChI is InChI=1S/C17H21N3O2/c1-20-9-4-5-12(8-10-20)13-6-2-3-7-14(13)15-11-16(17(21)22)19-18-15/h2-3,6-7,11-12H,4-5,8-10H2,1H3,(H,18,19)(H,21,22). The van der Waals surface area contributed by atoms with E-state index in [1.165, 1.54) is 12.0 Å². The van der Waals surface area contributed by atoms with Crippen molar-refractivity contribution in [1.82, 2.24) is 15.1 Å². The summed E-state index contributed by atoms with van der Waals surface area (Å²) in [6.07, 6.45) is 3.48. The zero-order valence-corrected chi connectivity index (χ0v) is 12.7. The van der Waals surface area contributed by atoms with E-state index in [4.69, 9.17) is 5.11 Å². The highest BCUT2D eigenvalue weighted by molar-refractivity contribution is 5.87. The number of carbonyl (C=O) groups is 1. The van der Waals surface area contributed by atoms with Crippen LogP contribution in [-0.2, 0) is 0 Å². The maximum Gasteiger partial charge on any atom is 0.353 e. The van der Waals surface area contributed by atoms with E-state index >= 15 is 0 Å². The van der Waals surface area contributed by atoms with Crippen LogP contribution in [0.4, 0.5) is 0 Å². The molecule has 0 saturated carbocycles. The molecule has 3 rings (SSSR count). The average Bonchev–Trinajstić information content (AvgIpc) is 2.91. The third-order valence-electron chi connectivity index (χ3n) is 4.44. The Morgan fingerprint density at radius 3 is 2.91 bits per heavy atom. The third-order valence-corrected chi connectivity index (χ3v) is 4.44. The monoisotopic (exact) mass is 299 g/mol. The zero-order chi connectivity index (χ0) is 15.5. The van der Waals surface area contributed by atoms with Gasteiger partial charge in [0.05, 0.1) is 5.69 Å². The molecule has 5 heteroatoms. The zero-order valence-electron chi connectivity index (χ0n) is 12.7. The fourth-order valence-corrected chi connectivity index (χ4v) is 3.21. The summed E-state index contributed by atoms with van der Waals surface area (Å²) in [4.78, 5) is 13.4. The van der Waals surface area contributed by atoms with E-state index in [0.717, 1.165) is 31.5 Å². The van der Waals surface area contributed by atoms with Crippen LogP contribution < -0.4 is 0 Å². The molecule has 1 aromatic heterocycles. The molecule has 2 heterocycles. The van der Waals surface area contributed by atoms with Gasteiger partial charge in [0.1, 0.15) is 5.69 Å². The maximum absolute atomic E-state index is 11.0. The van der Waals surface area contributed by atoms with E-state index in [2.05, 4.69) is 34.3 Å². The lowest BCUT2D eigenvalue weighted by atomic mass is 9.87. The van der Waals surface area contributed by atoms with Crippen LogP contribution in [0.15, 0.2) is 30.3 Å². The van der Waals surface area contributed by atoms with Crippen LogP contribution >= 0.6 is 0 Å². The van der Waals surface area contributed by atoms with Crippen LogP contribution in [0.3, 0.4) is 0 Å². The first-order chi connectivity index (χ1) is 10.6. The summed E-state index contributed by atoms with van der Waals surface area (Å²) in [6.45, 7) is 2.24. The number of carboxylic acids is 1. The van der Waals surface area contributed by atoms with Crippen LogP contribution in [-0.4, -0.2) is 46.3 Å². The van der Waals surface area contributed by atoms with Crippen molar-refractivity contribution in [3.63, 3.8) is 0 Å². The number of nitrogens with one attached hydrogen (secondary N) is 1. The van der Waals surface area contributed by atoms with Gasteiger partial charge in [0.2, 0.25) is 0 Å². The van der Waals surface area contributed by atoms with Gasteiger partial charge in [-0.2, -0.15) is 5.10 Å². The van der Waals surface area contributed by atoms with Gasteiger partial charge >= 0.3 is 5.97 Å². The predicted octanol–water partition coefficient (Wildman–Crippen LogP) is 2.97. The first kappa shape index (κ1) is 14.8. The smallest absolute Gasteiger partial charge is 0.353 e. The van der Waals surface area contributed by atoms with Gasteiger partial charge in [-0.15, -0.1) is 0 Å². The molecule has 0 aliphatic carbocycles. The number of nitrogens with zero attached hydrogens (tertiary/aromatic N) is 2. The molecule has 0 radical (unpaired) electrons. The summed E-state index contributed by atoms with van der Waals surface area (Å²) < 4.78 is 0. The second-order valence-corrected chi connectivity index (χ2v) is 5.99. The van der Waals surface area contributed by atoms with Gasteiger partial charge < -0.3 is 10.0 Å². The van der Waals surface area contributed by atoms with Gasteiger partial charge in [-0.25, -0.2) is 4.79 Å². The first-order valence-electron chi connectivity index (χ1n) is 7.71. The molecule has 1 aliphatic heterocycles. The molecule has 0 bridgehead atoms. The van der Waals surface area contributed by atoms with Crippen LogP contribution in [0.2, 0.25) is 0 Å². The van der Waals surface area contributed by atoms with Gasteiger partial charge in [0.25, 0.3) is 0 Å². The fourth-order valence-electron chi connectivity index (χ4n) is 3.21. The molecule has 1 atom stereocenters. The summed E-state index contributed by atoms with van der Waals surface area (Å²) in [6, 6.07) is 9.84. The van der Waals surface area contributed by atoms with Gasteiger partial charge in [0.15, 0.2) is 0 Å². The topological polar surface area (TPSA) is 69.2 Å². The van der Waals surface area contributed by atoms with Crippen molar-refractivity contribution in [3.05, 3.63) is 41.6 Å². The number of hydrogen-bond acceptors (Lipinski definition) is 3. The number of H-pyrrole nitrogens is 1. The summed E-state index contributed by atoms with van der Waals surface area (Å²) in [5, 5.41) is 15.8. The van der Waals surface area contributed by atoms with Crippen molar-refractivity contribution in [1.29, 1.82) is 0 Å². The molecule has 2 aromatic rings. The average molecular weight is 299 g/mol. The Bertz CT molecular complexity index is 665. The molecule has 1 saturated heterocycles. The number of likely N-dealkylation sites (tertiary alicyclic amines) is 1. The Morgan fingerprint density at radius 2 is 2.14 bits per heavy atom. The number of hydrogen-bond donors (Lipinski definition) is 2. The fraction of sp³-hybridized carbons (Fsp3) is 0.412. The van der Waals surface area contributed by atoms with Crippen LogP contribution in [0.25, 0.3) is 11.3 Å². The second-order valence-electron chi connectivity index (χ2n) is 5.99. The lowest BCUT2D eigenvalue weighted by molar-refractivity contribution is 0.0690. The Labute approximate surface area is 130 Å². The molecule has 1 aliphatic rings. The van der Waals surface area contributed by atoms with E-state index in [0.29, 0.717) is 11.6 Å². The third kappa shape index (κ3) is 3.04. The number of aromatic nitrogens is 2. The molecule has 1 unspecified atom stereocenters. The van der Waals surface area contributed by atoms with Crippen molar-refractivity contribution >= 4 is 5.97 Å². The Morgan fingerprint density at radius 1 is 1.32 bits per heavy atom. The van der Waals surface area contributed by atoms with Gasteiger partial charge in [-0.3, -0.25) is 5.10 Å². The lowest BCUT2D eigenvalue weighted by Gasteiger charge is -2.18. The molecule has 1 fully saturated rings. The van der Waals surface area contributed by atoms with E-state index in [1.54, 1.807) is 6.07 Å². The molecular weight excluding hydrogens is 278 g/mol. The highest BCUT2D eigenvalue weighted by atomic mass is 16.4. The summed E-state index contributed by atoms with van der Waals surface area (Å²) in [5.74, 6) is -0.474. The summed E-state index contributed by atoms with van der Waals surface area (Å²) >= 11 is 0. The van der Waals surface area contributed by atoms with Crippen molar-refractivity contribution in [2.45, 2.75) is 25.2 Å². The van der Waals surface area contributed by atoms with Gasteiger partial charge in [-0.05, 0) is 56.9 Å². The number of benzene rings is 1. The van der Waals surface area contributed by atoms with Gasteiger partial charge in [-0.1, -0.05) is 24.3 Å². The SMILES string of the molecule is CN1CCCC(c2ccccc2-c2cc(C(=O)O)[nH]n2)CC1. The van der Waals surface area contributed by atoms with Crippen LogP contribution in [0.5, 0.6) is 0 Å². The highest BCUT2D eigenvalue weighted by Gasteiger charge is 2.21. The lowest BCUT2D eigenvalue weighted by Crippen LogP contribution is -2.18. The Kier molecular flexibility index (Phi) is 4.24. The number of aromatic amines is 1. The first-order valence-corrected chi connectivity index (χ1v) is 7.71. The molecule has 0 spiro atoms. The maximum atomic E-state index is 11.0. The van der Waals surface area contributed by atoms with Crippen molar-refractivity contribution in [2.24, 2.45) is 0 Å². The normalized spacial score (nSPS) is 19.8. The minimum absolute atomic E-state index is 0.130. The number of rotatable bonds is 3. The largest absolute Gasteiger partial charge is 0.477 e. The summed E-state index contributed by atoms with van der Waals surface area (Å²) in [7, 11) is 2.17. The van der Waals surface area contributed by atoms with Crippen molar-refractivity contribution < 1.29 is 9.90 Å².